The molecule has 0 spiro atoms. The summed E-state index contributed by atoms with van der Waals surface area (Å²) in [5.74, 6) is -1.80. The van der Waals surface area contributed by atoms with Crippen LogP contribution in [0.5, 0.6) is 0 Å². The zero-order valence-electron chi connectivity index (χ0n) is 14.4. The smallest absolute Gasteiger partial charge is 0.272 e. The van der Waals surface area contributed by atoms with Gasteiger partial charge in [0.2, 0.25) is 5.78 Å². The number of anilines is 1. The van der Waals surface area contributed by atoms with E-state index in [0.29, 0.717) is 41.0 Å². The normalized spacial score (nSPS) is 12.8. The molecule has 1 aliphatic heterocycles. The van der Waals surface area contributed by atoms with Gasteiger partial charge in [-0.2, -0.15) is 0 Å². The lowest BCUT2D eigenvalue weighted by molar-refractivity contribution is -0.113. The first kappa shape index (κ1) is 17.1. The van der Waals surface area contributed by atoms with Crippen molar-refractivity contribution >= 4 is 23.2 Å². The Kier molecular flexibility index (Phi) is 4.29. The third kappa shape index (κ3) is 2.88. The molecule has 0 fully saturated rings. The number of nitrogens with one attached hydrogen (secondary N) is 1. The van der Waals surface area contributed by atoms with E-state index >= 15 is 0 Å². The summed E-state index contributed by atoms with van der Waals surface area (Å²) in [6.07, 6.45) is 1.49. The molecule has 0 bridgehead atoms. The van der Waals surface area contributed by atoms with Gasteiger partial charge >= 0.3 is 0 Å². The summed E-state index contributed by atoms with van der Waals surface area (Å²) in [5.41, 5.74) is 2.92. The number of carbonyl (C=O) groups is 3. The lowest BCUT2D eigenvalue weighted by Gasteiger charge is -2.10. The summed E-state index contributed by atoms with van der Waals surface area (Å²) >= 11 is 0. The molecule has 0 saturated heterocycles. The Morgan fingerprint density at radius 2 is 1.92 bits per heavy atom. The van der Waals surface area contributed by atoms with E-state index in [1.807, 2.05) is 4.57 Å². The van der Waals surface area contributed by atoms with E-state index < -0.39 is 11.6 Å². The highest BCUT2D eigenvalue weighted by atomic mass is 19.1. The van der Waals surface area contributed by atoms with Crippen LogP contribution in [0.15, 0.2) is 18.2 Å². The lowest BCUT2D eigenvalue weighted by atomic mass is 10.0. The largest absolute Gasteiger partial charge is 0.340 e. The number of halogens is 1. The Labute approximate surface area is 144 Å². The summed E-state index contributed by atoms with van der Waals surface area (Å²) in [4.78, 5) is 36.6. The molecule has 1 aromatic carbocycles. The Morgan fingerprint density at radius 1 is 1.20 bits per heavy atom. The zero-order valence-corrected chi connectivity index (χ0v) is 14.4. The van der Waals surface area contributed by atoms with Gasteiger partial charge in [-0.25, -0.2) is 4.39 Å². The van der Waals surface area contributed by atoms with Gasteiger partial charge in [0, 0.05) is 24.8 Å². The zero-order chi connectivity index (χ0) is 18.3. The van der Waals surface area contributed by atoms with E-state index in [4.69, 9.17) is 0 Å². The van der Waals surface area contributed by atoms with Crippen molar-refractivity contribution in [1.82, 2.24) is 4.57 Å². The van der Waals surface area contributed by atoms with Crippen LogP contribution in [0.25, 0.3) is 0 Å². The van der Waals surface area contributed by atoms with Crippen LogP contribution in [0, 0.1) is 19.7 Å². The molecule has 1 aliphatic rings. The molecule has 0 aliphatic carbocycles. The molecular weight excluding hydrogens is 323 g/mol. The molecular formula is C19H19FN2O3. The molecule has 6 heteroatoms. The molecule has 2 aromatic rings. The van der Waals surface area contributed by atoms with E-state index in [9.17, 15) is 18.8 Å². The monoisotopic (exact) mass is 342 g/mol. The maximum Gasteiger partial charge on any atom is 0.272 e. The van der Waals surface area contributed by atoms with E-state index in [1.54, 1.807) is 19.9 Å². The highest BCUT2D eigenvalue weighted by Crippen LogP contribution is 2.30. The van der Waals surface area contributed by atoms with Gasteiger partial charge in [-0.1, -0.05) is 0 Å². The second kappa shape index (κ2) is 6.27. The van der Waals surface area contributed by atoms with Gasteiger partial charge in [0.25, 0.3) is 5.91 Å². The molecule has 0 atom stereocenters. The number of hydrogen-bond acceptors (Lipinski definition) is 3. The number of ketones is 2. The minimum atomic E-state index is -0.556. The van der Waals surface area contributed by atoms with Crippen LogP contribution >= 0.6 is 0 Å². The van der Waals surface area contributed by atoms with Gasteiger partial charge in [-0.15, -0.1) is 0 Å². The summed E-state index contributed by atoms with van der Waals surface area (Å²) < 4.78 is 15.2. The molecule has 1 amide bonds. The van der Waals surface area contributed by atoms with E-state index in [0.717, 1.165) is 12.1 Å². The lowest BCUT2D eigenvalue weighted by Crippen LogP contribution is -2.18. The summed E-state index contributed by atoms with van der Waals surface area (Å²) in [7, 11) is 0. The second-order valence-corrected chi connectivity index (χ2v) is 6.35. The van der Waals surface area contributed by atoms with Crippen LogP contribution in [0.2, 0.25) is 0 Å². The third-order valence-electron chi connectivity index (χ3n) is 4.59. The first-order chi connectivity index (χ1) is 11.8. The van der Waals surface area contributed by atoms with Crippen LogP contribution in [-0.2, 0) is 17.8 Å². The second-order valence-electron chi connectivity index (χ2n) is 6.35. The summed E-state index contributed by atoms with van der Waals surface area (Å²) in [6.45, 7) is 5.18. The average molecular weight is 342 g/mol. The molecule has 1 N–H and O–H groups in total. The van der Waals surface area contributed by atoms with E-state index in [-0.39, 0.29) is 11.7 Å². The minimum absolute atomic E-state index is 0.341. The van der Waals surface area contributed by atoms with Gasteiger partial charge in [0.1, 0.15) is 11.5 Å². The minimum Gasteiger partial charge on any atom is -0.340 e. The molecule has 2 heterocycles. The Balaban J connectivity index is 2.01. The molecule has 25 heavy (non-hydrogen) atoms. The van der Waals surface area contributed by atoms with Crippen LogP contribution in [0.1, 0.15) is 51.0 Å². The fourth-order valence-corrected chi connectivity index (χ4v) is 3.40. The number of aromatic nitrogens is 1. The Bertz CT molecular complexity index is 912. The fraction of sp³-hybridized carbons (Fsp3) is 0.316. The van der Waals surface area contributed by atoms with E-state index in [2.05, 4.69) is 5.32 Å². The number of carbonyl (C=O) groups excluding carboxylic acids is 3. The van der Waals surface area contributed by atoms with Crippen LogP contribution in [0.4, 0.5) is 10.1 Å². The first-order valence-corrected chi connectivity index (χ1v) is 8.16. The third-order valence-corrected chi connectivity index (χ3v) is 4.59. The van der Waals surface area contributed by atoms with Gasteiger partial charge in [0.05, 0.1) is 5.56 Å². The van der Waals surface area contributed by atoms with Crippen LogP contribution < -0.4 is 5.32 Å². The quantitative estimate of drug-likeness (QED) is 0.685. The number of aryl methyl sites for hydroxylation is 1. The number of hydrogen-bond donors (Lipinski definition) is 1. The number of amides is 1. The molecule has 0 saturated carbocycles. The Hall–Kier alpha value is -2.76. The van der Waals surface area contributed by atoms with Gasteiger partial charge in [-0.05, 0) is 56.0 Å². The Morgan fingerprint density at radius 3 is 2.56 bits per heavy atom. The first-order valence-electron chi connectivity index (χ1n) is 8.16. The highest BCUT2D eigenvalue weighted by molar-refractivity contribution is 6.43. The SMILES string of the molecule is CC(=O)C(=O)c1c(C)c(C(=O)Nc2ccc(F)c(C)c2)n2c1CCC2. The number of benzene rings is 1. The molecule has 0 unspecified atom stereocenters. The van der Waals surface area contributed by atoms with Crippen molar-refractivity contribution in [2.45, 2.75) is 40.2 Å². The van der Waals surface area contributed by atoms with Crippen LogP contribution in [-0.4, -0.2) is 22.0 Å². The number of rotatable bonds is 4. The standard InChI is InChI=1S/C19H19FN2O3/c1-10-9-13(6-7-14(10)20)21-19(25)17-11(2)16(18(24)12(3)23)15-5-4-8-22(15)17/h6-7,9H,4-5,8H2,1-3H3,(H,21,25). The highest BCUT2D eigenvalue weighted by Gasteiger charge is 2.31. The van der Waals surface area contributed by atoms with Gasteiger partial charge in [-0.3, -0.25) is 14.4 Å². The van der Waals surface area contributed by atoms with Crippen molar-refractivity contribution in [3.8, 4) is 0 Å². The van der Waals surface area contributed by atoms with Gasteiger partial charge in [0.15, 0.2) is 5.78 Å². The van der Waals surface area contributed by atoms with Crippen molar-refractivity contribution in [3.63, 3.8) is 0 Å². The topological polar surface area (TPSA) is 68.2 Å². The number of fused-ring (bicyclic) bond motifs is 1. The van der Waals surface area contributed by atoms with Crippen molar-refractivity contribution in [3.05, 3.63) is 52.1 Å². The van der Waals surface area contributed by atoms with E-state index in [1.165, 1.54) is 19.1 Å². The molecule has 1 aromatic heterocycles. The maximum atomic E-state index is 13.4. The van der Waals surface area contributed by atoms with Crippen molar-refractivity contribution in [1.29, 1.82) is 0 Å². The predicted octanol–water partition coefficient (Wildman–Crippen LogP) is 3.21. The van der Waals surface area contributed by atoms with Crippen LogP contribution in [0.3, 0.4) is 0 Å². The molecule has 0 radical (unpaired) electrons. The summed E-state index contributed by atoms with van der Waals surface area (Å²) in [6, 6.07) is 4.34. The number of nitrogens with zero attached hydrogens (tertiary/aromatic N) is 1. The maximum absolute atomic E-state index is 13.4. The van der Waals surface area contributed by atoms with Crippen molar-refractivity contribution in [2.24, 2.45) is 0 Å². The molecule has 130 valence electrons. The fourth-order valence-electron chi connectivity index (χ4n) is 3.40. The average Bonchev–Trinajstić information content (AvgIpc) is 3.09. The van der Waals surface area contributed by atoms with Gasteiger partial charge < -0.3 is 9.88 Å². The number of Topliss-reactive ketones (excluding diaryl/α,β-unsaturated/α-hetero) is 2. The molecule has 5 nitrogen and oxygen atoms in total. The van der Waals surface area contributed by atoms with Crippen molar-refractivity contribution < 1.29 is 18.8 Å². The summed E-state index contributed by atoms with van der Waals surface area (Å²) in [5, 5.41) is 2.76. The predicted molar refractivity (Wildman–Crippen MR) is 91.6 cm³/mol. The van der Waals surface area contributed by atoms with Crippen molar-refractivity contribution in [2.75, 3.05) is 5.32 Å². The molecule has 3 rings (SSSR count).